The Hall–Kier alpha value is -3.26. The van der Waals surface area contributed by atoms with Crippen LogP contribution in [0.3, 0.4) is 0 Å². The molecular formula is C18H16N3O5+. The van der Waals surface area contributed by atoms with Crippen molar-refractivity contribution in [1.82, 2.24) is 5.27 Å². The zero-order valence-corrected chi connectivity index (χ0v) is 13.7. The van der Waals surface area contributed by atoms with Crippen LogP contribution in [0.2, 0.25) is 0 Å². The van der Waals surface area contributed by atoms with Gasteiger partial charge in [0.25, 0.3) is 5.69 Å². The van der Waals surface area contributed by atoms with Crippen molar-refractivity contribution < 1.29 is 18.9 Å². The topological polar surface area (TPSA) is 102 Å². The standard InChI is InChI=1S/C18H15N3O5/c22-18-16-17(13-6-8-14(9-7-13)21(23)24)25-15(10-11-20(16)19-26-18)12-4-2-1-3-5-12/h1-9,15,17H,10-11H2/p+1/t15-,17-/m0/s1. The smallest absolute Gasteiger partial charge is 0.354 e. The molecular weight excluding hydrogens is 338 g/mol. The molecule has 0 fully saturated rings. The van der Waals surface area contributed by atoms with E-state index < -0.39 is 16.7 Å². The molecule has 2 heterocycles. The van der Waals surface area contributed by atoms with Gasteiger partial charge in [-0.15, -0.1) is 0 Å². The van der Waals surface area contributed by atoms with Crippen LogP contribution in [-0.4, -0.2) is 10.2 Å². The minimum absolute atomic E-state index is 0.0176. The van der Waals surface area contributed by atoms with Crippen molar-refractivity contribution in [1.29, 1.82) is 0 Å². The minimum Gasteiger partial charge on any atom is -0.354 e. The number of ether oxygens (including phenoxy) is 1. The summed E-state index contributed by atoms with van der Waals surface area (Å²) in [6, 6.07) is 15.8. The van der Waals surface area contributed by atoms with E-state index in [0.717, 1.165) is 5.56 Å². The summed E-state index contributed by atoms with van der Waals surface area (Å²) in [7, 11) is 0. The number of non-ortho nitro benzene ring substituents is 1. The first-order chi connectivity index (χ1) is 12.6. The van der Waals surface area contributed by atoms with E-state index in [-0.39, 0.29) is 11.8 Å². The number of rotatable bonds is 3. The largest absolute Gasteiger partial charge is 0.433 e. The van der Waals surface area contributed by atoms with E-state index in [2.05, 4.69) is 5.27 Å². The predicted octanol–water partition coefficient (Wildman–Crippen LogP) is 2.41. The summed E-state index contributed by atoms with van der Waals surface area (Å²) in [5.74, 6) is 0. The number of benzene rings is 2. The second kappa shape index (κ2) is 6.57. The third-order valence-corrected chi connectivity index (χ3v) is 4.49. The summed E-state index contributed by atoms with van der Waals surface area (Å²) >= 11 is 0. The van der Waals surface area contributed by atoms with Crippen molar-refractivity contribution in [2.45, 2.75) is 25.2 Å². The lowest BCUT2D eigenvalue weighted by molar-refractivity contribution is -0.768. The minimum atomic E-state index is -0.689. The van der Waals surface area contributed by atoms with Crippen molar-refractivity contribution in [3.63, 3.8) is 0 Å². The SMILES string of the molecule is O=c1o[nH][n+]2c1[C@H](c1ccc([N+](=O)[O-])cc1)O[C@H](c1ccccc1)CC2. The zero-order chi connectivity index (χ0) is 18.1. The molecule has 0 aliphatic carbocycles. The number of nitrogens with zero attached hydrogens (tertiary/aromatic N) is 2. The van der Waals surface area contributed by atoms with E-state index in [0.29, 0.717) is 24.2 Å². The first-order valence-electron chi connectivity index (χ1n) is 8.19. The van der Waals surface area contributed by atoms with Crippen LogP contribution in [0.4, 0.5) is 5.69 Å². The summed E-state index contributed by atoms with van der Waals surface area (Å²) in [6.07, 6.45) is -0.254. The molecule has 2 aromatic carbocycles. The molecule has 0 unspecified atom stereocenters. The van der Waals surface area contributed by atoms with Crippen molar-refractivity contribution in [2.24, 2.45) is 0 Å². The molecule has 4 rings (SSSR count). The number of nitro benzene ring substituents is 1. The van der Waals surface area contributed by atoms with Crippen LogP contribution in [0.5, 0.6) is 0 Å². The Morgan fingerprint density at radius 3 is 2.50 bits per heavy atom. The first kappa shape index (κ1) is 16.2. The van der Waals surface area contributed by atoms with Gasteiger partial charge in [0, 0.05) is 18.6 Å². The third-order valence-electron chi connectivity index (χ3n) is 4.49. The highest BCUT2D eigenvalue weighted by atomic mass is 16.6. The van der Waals surface area contributed by atoms with Gasteiger partial charge in [-0.1, -0.05) is 35.0 Å². The van der Waals surface area contributed by atoms with Crippen molar-refractivity contribution in [3.8, 4) is 0 Å². The second-order valence-corrected chi connectivity index (χ2v) is 6.07. The van der Waals surface area contributed by atoms with Crippen molar-refractivity contribution in [2.75, 3.05) is 0 Å². The van der Waals surface area contributed by atoms with Crippen LogP contribution in [-0.2, 0) is 11.3 Å². The van der Waals surface area contributed by atoms with Gasteiger partial charge in [-0.3, -0.25) is 14.6 Å². The van der Waals surface area contributed by atoms with Gasteiger partial charge in [-0.2, -0.15) is 0 Å². The van der Waals surface area contributed by atoms with Gasteiger partial charge in [0.05, 0.1) is 11.0 Å². The highest BCUT2D eigenvalue weighted by Crippen LogP contribution is 2.34. The van der Waals surface area contributed by atoms with Gasteiger partial charge in [-0.05, 0) is 28.5 Å². The Kier molecular flexibility index (Phi) is 4.10. The van der Waals surface area contributed by atoms with Gasteiger partial charge >= 0.3 is 11.3 Å². The van der Waals surface area contributed by atoms with Gasteiger partial charge in [0.2, 0.25) is 0 Å². The first-order valence-corrected chi connectivity index (χ1v) is 8.19. The summed E-state index contributed by atoms with van der Waals surface area (Å²) in [5, 5.41) is 13.5. The predicted molar refractivity (Wildman–Crippen MR) is 89.3 cm³/mol. The summed E-state index contributed by atoms with van der Waals surface area (Å²) in [4.78, 5) is 22.6. The fourth-order valence-corrected chi connectivity index (χ4v) is 3.19. The van der Waals surface area contributed by atoms with Crippen LogP contribution in [0, 0.1) is 10.1 Å². The fraction of sp³-hybridized carbons (Fsp3) is 0.222. The van der Waals surface area contributed by atoms with E-state index in [1.165, 1.54) is 12.1 Å². The molecule has 0 spiro atoms. The lowest BCUT2D eigenvalue weighted by Crippen LogP contribution is -2.41. The maximum absolute atomic E-state index is 12.2. The number of nitro groups is 1. The molecule has 2 atom stereocenters. The monoisotopic (exact) mass is 354 g/mol. The number of hydrogen-bond donors (Lipinski definition) is 1. The van der Waals surface area contributed by atoms with E-state index in [1.807, 2.05) is 30.3 Å². The highest BCUT2D eigenvalue weighted by Gasteiger charge is 2.38. The van der Waals surface area contributed by atoms with E-state index in [4.69, 9.17) is 9.26 Å². The van der Waals surface area contributed by atoms with E-state index in [9.17, 15) is 14.9 Å². The molecule has 0 saturated carbocycles. The Balaban J connectivity index is 1.76. The van der Waals surface area contributed by atoms with Crippen LogP contribution in [0.15, 0.2) is 63.9 Å². The second-order valence-electron chi connectivity index (χ2n) is 6.07. The van der Waals surface area contributed by atoms with Gasteiger partial charge in [0.15, 0.2) is 12.6 Å². The molecule has 1 aliphatic rings. The number of fused-ring (bicyclic) bond motifs is 1. The molecule has 1 aromatic heterocycles. The molecule has 8 heteroatoms. The van der Waals surface area contributed by atoms with Crippen molar-refractivity contribution in [3.05, 3.63) is 92.0 Å². The zero-order valence-electron chi connectivity index (χ0n) is 13.7. The van der Waals surface area contributed by atoms with Gasteiger partial charge in [-0.25, -0.2) is 4.79 Å². The number of nitrogens with one attached hydrogen (secondary N) is 1. The Bertz CT molecular complexity index is 978. The summed E-state index contributed by atoms with van der Waals surface area (Å²) in [6.45, 7) is 0.532. The van der Waals surface area contributed by atoms with Gasteiger partial charge < -0.3 is 4.74 Å². The number of aromatic amines is 1. The molecule has 132 valence electrons. The molecule has 26 heavy (non-hydrogen) atoms. The summed E-state index contributed by atoms with van der Waals surface area (Å²) < 4.78 is 12.8. The molecule has 0 saturated heterocycles. The Morgan fingerprint density at radius 2 is 1.81 bits per heavy atom. The highest BCUT2D eigenvalue weighted by molar-refractivity contribution is 5.35. The van der Waals surface area contributed by atoms with Crippen LogP contribution in [0.25, 0.3) is 0 Å². The maximum Gasteiger partial charge on any atom is 0.433 e. The third kappa shape index (κ3) is 2.91. The lowest BCUT2D eigenvalue weighted by atomic mass is 10.0. The van der Waals surface area contributed by atoms with Gasteiger partial charge in [0.1, 0.15) is 0 Å². The number of aromatic nitrogens is 2. The average Bonchev–Trinajstić information content (AvgIpc) is 2.92. The van der Waals surface area contributed by atoms with E-state index >= 15 is 0 Å². The fourth-order valence-electron chi connectivity index (χ4n) is 3.19. The lowest BCUT2D eigenvalue weighted by Gasteiger charge is -2.19. The number of hydrogen-bond acceptors (Lipinski definition) is 5. The van der Waals surface area contributed by atoms with E-state index in [1.54, 1.807) is 16.8 Å². The molecule has 3 aromatic rings. The van der Waals surface area contributed by atoms with Crippen LogP contribution < -0.4 is 10.3 Å². The average molecular weight is 354 g/mol. The molecule has 1 N–H and O–H groups in total. The maximum atomic E-state index is 12.2. The Morgan fingerprint density at radius 1 is 1.08 bits per heavy atom. The number of aryl methyl sites for hydroxylation is 1. The Labute approximate surface area is 147 Å². The molecule has 0 bridgehead atoms. The molecule has 0 amide bonds. The summed E-state index contributed by atoms with van der Waals surface area (Å²) in [5.41, 5.74) is 1.48. The molecule has 0 radical (unpaired) electrons. The molecule has 1 aliphatic heterocycles. The quantitative estimate of drug-likeness (QED) is 0.442. The van der Waals surface area contributed by atoms with Crippen LogP contribution >= 0.6 is 0 Å². The molecule has 8 nitrogen and oxygen atoms in total. The van der Waals surface area contributed by atoms with Crippen LogP contribution in [0.1, 0.15) is 35.4 Å². The normalized spacial score (nSPS) is 19.5. The number of H-pyrrole nitrogens is 1. The van der Waals surface area contributed by atoms with Crippen molar-refractivity contribution >= 4 is 5.69 Å².